The fraction of sp³-hybridized carbons (Fsp3) is 0.685. The highest BCUT2D eigenvalue weighted by molar-refractivity contribution is 5.76. The molecule has 1 amide bonds. The molecule has 0 bridgehead atoms. The van der Waals surface area contributed by atoms with Crippen molar-refractivity contribution in [2.45, 2.75) is 299 Å². The number of rotatable bonds is 53. The first kappa shape index (κ1) is 79.2. The van der Waals surface area contributed by atoms with Crippen molar-refractivity contribution in [2.75, 3.05) is 19.8 Å². The highest BCUT2D eigenvalue weighted by atomic mass is 16.7. The van der Waals surface area contributed by atoms with Crippen LogP contribution in [0.1, 0.15) is 226 Å². The van der Waals surface area contributed by atoms with Crippen LogP contribution in [0.25, 0.3) is 0 Å². The summed E-state index contributed by atoms with van der Waals surface area (Å²) in [5.41, 5.74) is 0. The first-order valence-corrected chi connectivity index (χ1v) is 33.9. The molecule has 87 heavy (non-hydrogen) atoms. The van der Waals surface area contributed by atoms with Gasteiger partial charge in [-0.2, -0.15) is 0 Å². The third-order valence-electron chi connectivity index (χ3n) is 15.6. The second-order valence-electron chi connectivity index (χ2n) is 23.2. The molecule has 0 aliphatic carbocycles. The number of aliphatic hydroxyl groups is 8. The summed E-state index contributed by atoms with van der Waals surface area (Å²) in [6.45, 7) is 2.66. The van der Waals surface area contributed by atoms with Gasteiger partial charge in [0.15, 0.2) is 12.6 Å². The Hall–Kier alpha value is -3.87. The van der Waals surface area contributed by atoms with Gasteiger partial charge in [-0.3, -0.25) is 4.79 Å². The second kappa shape index (κ2) is 56.1. The van der Waals surface area contributed by atoms with Crippen LogP contribution < -0.4 is 5.32 Å². The molecule has 2 heterocycles. The Balaban J connectivity index is 1.64. The van der Waals surface area contributed by atoms with Crippen molar-refractivity contribution in [3.63, 3.8) is 0 Å². The quantitative estimate of drug-likeness (QED) is 0.0204. The van der Waals surface area contributed by atoms with E-state index in [1.54, 1.807) is 6.08 Å². The molecule has 0 spiro atoms. The normalized spacial score (nSPS) is 24.2. The van der Waals surface area contributed by atoms with Crippen LogP contribution in [0.2, 0.25) is 0 Å². The maximum Gasteiger partial charge on any atom is 0.220 e. The molecule has 12 unspecified atom stereocenters. The van der Waals surface area contributed by atoms with Crippen molar-refractivity contribution in [3.8, 4) is 0 Å². The molecular weight excluding hydrogens is 1100 g/mol. The van der Waals surface area contributed by atoms with Gasteiger partial charge >= 0.3 is 0 Å². The van der Waals surface area contributed by atoms with Crippen LogP contribution in [0, 0.1) is 0 Å². The third-order valence-corrected chi connectivity index (χ3v) is 15.6. The van der Waals surface area contributed by atoms with E-state index < -0.39 is 86.8 Å². The average molecular weight is 1220 g/mol. The molecule has 2 rings (SSSR count). The highest BCUT2D eigenvalue weighted by Crippen LogP contribution is 2.30. The number of hydrogen-bond donors (Lipinski definition) is 9. The number of unbranched alkanes of at least 4 members (excludes halogenated alkanes) is 20. The Labute approximate surface area is 526 Å². The summed E-state index contributed by atoms with van der Waals surface area (Å²) in [6, 6.07) is -0.928. The van der Waals surface area contributed by atoms with E-state index in [1.165, 1.54) is 83.5 Å². The van der Waals surface area contributed by atoms with E-state index >= 15 is 0 Å². The van der Waals surface area contributed by atoms with Crippen molar-refractivity contribution >= 4 is 5.91 Å². The minimum absolute atomic E-state index is 0.254. The molecule has 0 aromatic rings. The van der Waals surface area contributed by atoms with Gasteiger partial charge in [0.2, 0.25) is 5.91 Å². The number of nitrogens with one attached hydrogen (secondary N) is 1. The van der Waals surface area contributed by atoms with E-state index in [0.29, 0.717) is 6.42 Å². The van der Waals surface area contributed by atoms with Crippen molar-refractivity contribution in [3.05, 3.63) is 134 Å². The smallest absolute Gasteiger partial charge is 0.220 e. The van der Waals surface area contributed by atoms with Gasteiger partial charge in [-0.15, -0.1) is 0 Å². The molecule has 2 fully saturated rings. The summed E-state index contributed by atoms with van der Waals surface area (Å²) in [5, 5.41) is 87.2. The number of carbonyl (C=O) groups is 1. The number of ether oxygens (including phenoxy) is 4. The van der Waals surface area contributed by atoms with Crippen LogP contribution in [-0.4, -0.2) is 140 Å². The van der Waals surface area contributed by atoms with Gasteiger partial charge in [0, 0.05) is 6.42 Å². The lowest BCUT2D eigenvalue weighted by Gasteiger charge is -2.46. The molecule has 0 radical (unpaired) electrons. The molecule has 496 valence electrons. The van der Waals surface area contributed by atoms with E-state index in [2.05, 4.69) is 141 Å². The van der Waals surface area contributed by atoms with Gasteiger partial charge in [0.25, 0.3) is 0 Å². The minimum atomic E-state index is -1.79. The molecule has 12 atom stereocenters. The predicted molar refractivity (Wildman–Crippen MR) is 355 cm³/mol. The topological polar surface area (TPSA) is 228 Å². The molecule has 2 aliphatic rings. The Kier molecular flexibility index (Phi) is 51.1. The Morgan fingerprint density at radius 1 is 0.425 bits per heavy atom. The Morgan fingerprint density at radius 2 is 0.793 bits per heavy atom. The van der Waals surface area contributed by atoms with Crippen LogP contribution in [-0.2, 0) is 23.7 Å². The zero-order chi connectivity index (χ0) is 63.1. The van der Waals surface area contributed by atoms with Crippen molar-refractivity contribution < 1.29 is 64.6 Å². The molecule has 0 aromatic carbocycles. The largest absolute Gasteiger partial charge is 0.394 e. The molecule has 0 saturated carbocycles. The summed E-state index contributed by atoms with van der Waals surface area (Å²) in [5.74, 6) is -0.254. The van der Waals surface area contributed by atoms with E-state index in [1.807, 2.05) is 6.08 Å². The third kappa shape index (κ3) is 40.5. The van der Waals surface area contributed by atoms with Crippen LogP contribution in [0.3, 0.4) is 0 Å². The summed E-state index contributed by atoms with van der Waals surface area (Å²) in [4.78, 5) is 13.3. The van der Waals surface area contributed by atoms with Crippen LogP contribution in [0.4, 0.5) is 0 Å². The molecule has 2 aliphatic heterocycles. The molecule has 0 aromatic heterocycles. The maximum absolute atomic E-state index is 13.3. The standard InChI is InChI=1S/C73H121NO13/c1-3-5-7-9-11-13-15-17-19-20-21-22-23-24-25-26-27-28-29-30-31-32-33-34-35-36-37-38-39-40-41-42-43-45-47-49-51-53-55-57-65(78)74-61(62(77)56-54-52-50-48-46-44-18-16-14-12-10-8-6-4-2)60-84-72-70(83)68(81)71(64(59-76)86-72)87-73-69(82)67(80)66(79)63(58-75)85-73/h5,7,11,13,17,19,21-22,24-25,27-28,30-31,33-34,36-37,39-40,54,56,61-64,66-73,75-77,79-83H,3-4,6,8-10,12,14-16,18,20,23,26,29,32,35,38,41-53,55,57-60H2,1-2H3,(H,74,78)/b7-5-,13-11-,19-17-,22-21-,25-24-,28-27-,31-30-,34-33-,37-36-,40-39-,56-54+. The molecule has 14 heteroatoms. The van der Waals surface area contributed by atoms with Crippen molar-refractivity contribution in [1.82, 2.24) is 5.32 Å². The zero-order valence-electron chi connectivity index (χ0n) is 53.7. The lowest BCUT2D eigenvalue weighted by atomic mass is 9.97. The van der Waals surface area contributed by atoms with E-state index in [-0.39, 0.29) is 18.9 Å². The van der Waals surface area contributed by atoms with Crippen LogP contribution in [0.5, 0.6) is 0 Å². The van der Waals surface area contributed by atoms with E-state index in [9.17, 15) is 45.6 Å². The Morgan fingerprint density at radius 3 is 1.22 bits per heavy atom. The van der Waals surface area contributed by atoms with Crippen molar-refractivity contribution in [2.24, 2.45) is 0 Å². The summed E-state index contributed by atoms with van der Waals surface area (Å²) < 4.78 is 22.8. The maximum atomic E-state index is 13.3. The van der Waals surface area contributed by atoms with Gasteiger partial charge in [0.1, 0.15) is 48.8 Å². The number of hydrogen-bond acceptors (Lipinski definition) is 13. The SMILES string of the molecule is CC/C=C\C/C=C\C/C=C\C/C=C\C/C=C\C/C=C\C/C=C\C/C=C\C/C=C\C/C=C\CCCCCCCCCCC(=O)NC(COC1OC(CO)C(OC2OC(CO)C(O)C(O)C2O)C(O)C1O)C(O)/C=C/CCCCCCCCCCCCCC. The number of allylic oxidation sites excluding steroid dienone is 21. The number of aliphatic hydroxyl groups excluding tert-OH is 8. The van der Waals surface area contributed by atoms with Gasteiger partial charge in [-0.25, -0.2) is 0 Å². The molecule has 2 saturated heterocycles. The number of amides is 1. The van der Waals surface area contributed by atoms with Gasteiger partial charge < -0.3 is 65.1 Å². The Bertz CT molecular complexity index is 1970. The van der Waals surface area contributed by atoms with Gasteiger partial charge in [-0.1, -0.05) is 257 Å². The first-order valence-electron chi connectivity index (χ1n) is 33.9. The average Bonchev–Trinajstić information content (AvgIpc) is 2.05. The summed E-state index contributed by atoms with van der Waals surface area (Å²) in [6.07, 6.45) is 66.4. The highest BCUT2D eigenvalue weighted by Gasteiger charge is 2.51. The second-order valence-corrected chi connectivity index (χ2v) is 23.2. The minimum Gasteiger partial charge on any atom is -0.394 e. The van der Waals surface area contributed by atoms with Gasteiger partial charge in [0.05, 0.1) is 32.0 Å². The molecule has 14 nitrogen and oxygen atoms in total. The lowest BCUT2D eigenvalue weighted by molar-refractivity contribution is -0.359. The van der Waals surface area contributed by atoms with Crippen molar-refractivity contribution in [1.29, 1.82) is 0 Å². The van der Waals surface area contributed by atoms with E-state index in [4.69, 9.17) is 18.9 Å². The predicted octanol–water partition coefficient (Wildman–Crippen LogP) is 13.5. The zero-order valence-corrected chi connectivity index (χ0v) is 53.7. The fourth-order valence-corrected chi connectivity index (χ4v) is 10.2. The molecule has 9 N–H and O–H groups in total. The lowest BCUT2D eigenvalue weighted by Crippen LogP contribution is -2.65. The number of carbonyl (C=O) groups excluding carboxylic acids is 1. The summed E-state index contributed by atoms with van der Waals surface area (Å²) in [7, 11) is 0. The molecular formula is C73H121NO13. The summed E-state index contributed by atoms with van der Waals surface area (Å²) >= 11 is 0. The van der Waals surface area contributed by atoms with Crippen LogP contribution in [0.15, 0.2) is 134 Å². The fourth-order valence-electron chi connectivity index (χ4n) is 10.2. The van der Waals surface area contributed by atoms with E-state index in [0.717, 1.165) is 116 Å². The first-order chi connectivity index (χ1) is 42.6. The monoisotopic (exact) mass is 1220 g/mol. The van der Waals surface area contributed by atoms with Gasteiger partial charge in [-0.05, 0) is 96.3 Å². The van der Waals surface area contributed by atoms with Crippen LogP contribution >= 0.6 is 0 Å².